The van der Waals surface area contributed by atoms with Gasteiger partial charge in [-0.25, -0.2) is 0 Å². The first kappa shape index (κ1) is 13.8. The van der Waals surface area contributed by atoms with Crippen molar-refractivity contribution >= 4 is 17.7 Å². The number of hydrogen-bond donors (Lipinski definition) is 1. The number of ether oxygens (including phenoxy) is 2. The summed E-state index contributed by atoms with van der Waals surface area (Å²) in [5.41, 5.74) is 0. The number of rotatable bonds is 7. The highest BCUT2D eigenvalue weighted by Gasteiger charge is 2.07. The Kier molecular flexibility index (Phi) is 5.82. The zero-order chi connectivity index (χ0) is 12.7. The molecule has 0 bridgehead atoms. The van der Waals surface area contributed by atoms with Crippen molar-refractivity contribution in [2.75, 3.05) is 32.3 Å². The molecular formula is C10H18N4O2S. The second-order valence-electron chi connectivity index (χ2n) is 3.39. The Hall–Kier alpha value is -1.24. The summed E-state index contributed by atoms with van der Waals surface area (Å²) < 4.78 is 9.92. The van der Waals surface area contributed by atoms with Gasteiger partial charge in [-0.3, -0.25) is 0 Å². The van der Waals surface area contributed by atoms with Crippen molar-refractivity contribution in [1.82, 2.24) is 15.0 Å². The number of thioether (sulfide) groups is 1. The monoisotopic (exact) mass is 258 g/mol. The van der Waals surface area contributed by atoms with Gasteiger partial charge in [0.15, 0.2) is 0 Å². The highest BCUT2D eigenvalue weighted by molar-refractivity contribution is 7.99. The number of anilines is 1. The molecule has 0 fully saturated rings. The van der Waals surface area contributed by atoms with E-state index in [0.29, 0.717) is 11.2 Å². The molecule has 1 rings (SSSR count). The van der Waals surface area contributed by atoms with Crippen LogP contribution in [0.4, 0.5) is 5.95 Å². The van der Waals surface area contributed by atoms with E-state index in [0.717, 1.165) is 13.0 Å². The molecule has 0 aliphatic rings. The van der Waals surface area contributed by atoms with E-state index in [4.69, 9.17) is 9.47 Å². The number of nitrogens with zero attached hydrogens (tertiary/aromatic N) is 3. The summed E-state index contributed by atoms with van der Waals surface area (Å²) in [5, 5.41) is 3.73. The van der Waals surface area contributed by atoms with Crippen LogP contribution in [-0.4, -0.2) is 47.2 Å². The first-order valence-electron chi connectivity index (χ1n) is 5.30. The first-order valence-corrected chi connectivity index (χ1v) is 6.59. The molecule has 1 heterocycles. The second-order valence-corrected chi connectivity index (χ2v) is 4.67. The maximum absolute atomic E-state index is 4.96. The lowest BCUT2D eigenvalue weighted by Crippen LogP contribution is -2.11. The summed E-state index contributed by atoms with van der Waals surface area (Å²) in [6, 6.07) is 0.495. The van der Waals surface area contributed by atoms with Crippen molar-refractivity contribution < 1.29 is 9.47 Å². The van der Waals surface area contributed by atoms with Gasteiger partial charge in [-0.2, -0.15) is 21.7 Å². The Morgan fingerprint density at radius 3 is 2.24 bits per heavy atom. The summed E-state index contributed by atoms with van der Waals surface area (Å²) in [4.78, 5) is 12.1. The summed E-state index contributed by atoms with van der Waals surface area (Å²) in [6.45, 7) is 2.99. The third-order valence-electron chi connectivity index (χ3n) is 2.20. The molecule has 0 aliphatic carbocycles. The first-order chi connectivity index (χ1) is 8.19. The van der Waals surface area contributed by atoms with Crippen molar-refractivity contribution in [3.63, 3.8) is 0 Å². The lowest BCUT2D eigenvalue weighted by atomic mass is 10.3. The van der Waals surface area contributed by atoms with Crippen molar-refractivity contribution in [2.24, 2.45) is 0 Å². The topological polar surface area (TPSA) is 69.2 Å². The van der Waals surface area contributed by atoms with Gasteiger partial charge in [0, 0.05) is 11.8 Å². The van der Waals surface area contributed by atoms with E-state index in [1.165, 1.54) is 14.2 Å². The third kappa shape index (κ3) is 4.64. The molecular weight excluding hydrogens is 240 g/mol. The molecule has 17 heavy (non-hydrogen) atoms. The molecule has 0 aromatic carbocycles. The van der Waals surface area contributed by atoms with E-state index in [2.05, 4.69) is 33.4 Å². The number of hydrogen-bond acceptors (Lipinski definition) is 7. The molecule has 0 aliphatic heterocycles. The number of methoxy groups -OCH3 is 2. The lowest BCUT2D eigenvalue weighted by Gasteiger charge is -2.09. The molecule has 1 aromatic rings. The highest BCUT2D eigenvalue weighted by Crippen LogP contribution is 2.13. The minimum atomic E-state index is 0.247. The molecule has 1 N–H and O–H groups in total. The molecule has 0 amide bonds. The molecule has 7 heteroatoms. The van der Waals surface area contributed by atoms with Gasteiger partial charge in [0.1, 0.15) is 0 Å². The standard InChI is InChI=1S/C10H18N4O2S/c1-7(17-4)5-6-11-8-12-9(15-2)14-10(13-8)16-3/h7H,5-6H2,1-4H3,(H,11,12,13,14). The van der Waals surface area contributed by atoms with E-state index >= 15 is 0 Å². The Morgan fingerprint density at radius 2 is 1.76 bits per heavy atom. The molecule has 0 saturated carbocycles. The maximum atomic E-state index is 4.96. The number of aromatic nitrogens is 3. The molecule has 1 atom stereocenters. The average molecular weight is 258 g/mol. The van der Waals surface area contributed by atoms with Gasteiger partial charge < -0.3 is 14.8 Å². The van der Waals surface area contributed by atoms with E-state index in [-0.39, 0.29) is 12.0 Å². The van der Waals surface area contributed by atoms with Crippen LogP contribution in [-0.2, 0) is 0 Å². The van der Waals surface area contributed by atoms with Gasteiger partial charge >= 0.3 is 12.0 Å². The van der Waals surface area contributed by atoms with Crippen LogP contribution in [0.2, 0.25) is 0 Å². The Morgan fingerprint density at radius 1 is 1.18 bits per heavy atom. The Bertz CT molecular complexity index is 329. The van der Waals surface area contributed by atoms with Crippen LogP contribution in [0, 0.1) is 0 Å². The van der Waals surface area contributed by atoms with Gasteiger partial charge in [-0.05, 0) is 12.7 Å². The van der Waals surface area contributed by atoms with Crippen molar-refractivity contribution in [3.05, 3.63) is 0 Å². The van der Waals surface area contributed by atoms with Gasteiger partial charge in [0.05, 0.1) is 14.2 Å². The van der Waals surface area contributed by atoms with E-state index in [9.17, 15) is 0 Å². The quantitative estimate of drug-likeness (QED) is 0.793. The van der Waals surface area contributed by atoms with Crippen LogP contribution in [0.25, 0.3) is 0 Å². The zero-order valence-corrected chi connectivity index (χ0v) is 11.4. The summed E-state index contributed by atoms with van der Waals surface area (Å²) in [7, 11) is 3.02. The SMILES string of the molecule is COc1nc(NCCC(C)SC)nc(OC)n1. The van der Waals surface area contributed by atoms with Gasteiger partial charge in [-0.1, -0.05) is 6.92 Å². The predicted octanol–water partition coefficient (Wildman–Crippen LogP) is 1.44. The summed E-state index contributed by atoms with van der Waals surface area (Å²) >= 11 is 1.83. The summed E-state index contributed by atoms with van der Waals surface area (Å²) in [6.07, 6.45) is 3.14. The fraction of sp³-hybridized carbons (Fsp3) is 0.700. The summed E-state index contributed by atoms with van der Waals surface area (Å²) in [5.74, 6) is 0.474. The van der Waals surface area contributed by atoms with Gasteiger partial charge in [0.2, 0.25) is 5.95 Å². The third-order valence-corrected chi connectivity index (χ3v) is 3.24. The van der Waals surface area contributed by atoms with Gasteiger partial charge in [0.25, 0.3) is 0 Å². The normalized spacial score (nSPS) is 12.0. The van der Waals surface area contributed by atoms with Gasteiger partial charge in [-0.15, -0.1) is 4.98 Å². The molecule has 6 nitrogen and oxygen atoms in total. The molecule has 0 spiro atoms. The predicted molar refractivity (Wildman–Crippen MR) is 69.0 cm³/mol. The molecule has 1 aromatic heterocycles. The van der Waals surface area contributed by atoms with E-state index < -0.39 is 0 Å². The largest absolute Gasteiger partial charge is 0.467 e. The Labute approximate surface area is 106 Å². The van der Waals surface area contributed by atoms with Crippen LogP contribution >= 0.6 is 11.8 Å². The van der Waals surface area contributed by atoms with E-state index in [1.807, 2.05) is 11.8 Å². The Balaban J connectivity index is 2.57. The van der Waals surface area contributed by atoms with Crippen LogP contribution in [0.3, 0.4) is 0 Å². The van der Waals surface area contributed by atoms with Crippen LogP contribution in [0.15, 0.2) is 0 Å². The second kappa shape index (κ2) is 7.16. The van der Waals surface area contributed by atoms with E-state index in [1.54, 1.807) is 0 Å². The minimum Gasteiger partial charge on any atom is -0.467 e. The van der Waals surface area contributed by atoms with Crippen molar-refractivity contribution in [2.45, 2.75) is 18.6 Å². The fourth-order valence-electron chi connectivity index (χ4n) is 1.10. The minimum absolute atomic E-state index is 0.247. The van der Waals surface area contributed by atoms with Crippen LogP contribution < -0.4 is 14.8 Å². The van der Waals surface area contributed by atoms with Crippen LogP contribution in [0.5, 0.6) is 12.0 Å². The molecule has 0 radical (unpaired) electrons. The van der Waals surface area contributed by atoms with Crippen LogP contribution in [0.1, 0.15) is 13.3 Å². The molecule has 96 valence electrons. The molecule has 1 unspecified atom stereocenters. The zero-order valence-electron chi connectivity index (χ0n) is 10.6. The fourth-order valence-corrected chi connectivity index (χ4v) is 1.46. The lowest BCUT2D eigenvalue weighted by molar-refractivity contribution is 0.341. The average Bonchev–Trinajstić information content (AvgIpc) is 2.37. The molecule has 0 saturated heterocycles. The number of nitrogens with one attached hydrogen (secondary N) is 1. The maximum Gasteiger partial charge on any atom is 0.324 e. The smallest absolute Gasteiger partial charge is 0.324 e. The van der Waals surface area contributed by atoms with Crippen molar-refractivity contribution in [1.29, 1.82) is 0 Å². The highest BCUT2D eigenvalue weighted by atomic mass is 32.2. The van der Waals surface area contributed by atoms with Crippen molar-refractivity contribution in [3.8, 4) is 12.0 Å².